The SMILES string of the molecule is O=C(Nc1ccc(F)cc1)c1cc(NC(=O)[C@H]2[C@H](c3ccccc3)C2(Cl)Cl)ccc1Cl. The summed E-state index contributed by atoms with van der Waals surface area (Å²) in [5, 5.41) is 5.60. The number of rotatable bonds is 5. The van der Waals surface area contributed by atoms with Gasteiger partial charge in [-0.05, 0) is 48.0 Å². The van der Waals surface area contributed by atoms with Crippen LogP contribution in [-0.2, 0) is 4.79 Å². The number of carbonyl (C=O) groups excluding carboxylic acids is 2. The van der Waals surface area contributed by atoms with E-state index >= 15 is 0 Å². The number of nitrogens with one attached hydrogen (secondary N) is 2. The largest absolute Gasteiger partial charge is 0.326 e. The first-order chi connectivity index (χ1) is 14.8. The zero-order chi connectivity index (χ0) is 22.2. The number of anilines is 2. The van der Waals surface area contributed by atoms with E-state index < -0.39 is 22.0 Å². The third-order valence-electron chi connectivity index (χ3n) is 5.08. The highest BCUT2D eigenvalue weighted by molar-refractivity contribution is 6.53. The van der Waals surface area contributed by atoms with Crippen molar-refractivity contribution < 1.29 is 14.0 Å². The Balaban J connectivity index is 1.49. The van der Waals surface area contributed by atoms with Gasteiger partial charge >= 0.3 is 0 Å². The summed E-state index contributed by atoms with van der Waals surface area (Å²) in [7, 11) is 0. The summed E-state index contributed by atoms with van der Waals surface area (Å²) < 4.78 is 11.8. The molecule has 2 atom stereocenters. The van der Waals surface area contributed by atoms with Gasteiger partial charge in [0.1, 0.15) is 10.2 Å². The van der Waals surface area contributed by atoms with E-state index in [1.165, 1.54) is 36.4 Å². The molecule has 1 aliphatic rings. The Morgan fingerprint density at radius 3 is 2.19 bits per heavy atom. The van der Waals surface area contributed by atoms with Gasteiger partial charge in [0.25, 0.3) is 5.91 Å². The standard InChI is InChI=1S/C23H16Cl3FN2O2/c24-18-11-10-16(12-17(18)21(30)28-15-8-6-14(27)7-9-15)29-22(31)20-19(23(20,25)26)13-4-2-1-3-5-13/h1-12,19-20H,(H,28,30)(H,29,31)/t19-,20+/m0/s1. The molecule has 8 heteroatoms. The molecule has 3 aromatic carbocycles. The van der Waals surface area contributed by atoms with Crippen LogP contribution in [0.15, 0.2) is 72.8 Å². The van der Waals surface area contributed by atoms with Crippen LogP contribution in [0.2, 0.25) is 5.02 Å². The number of hydrogen-bond acceptors (Lipinski definition) is 2. The van der Waals surface area contributed by atoms with Gasteiger partial charge in [0.15, 0.2) is 0 Å². The maximum atomic E-state index is 13.1. The maximum absolute atomic E-state index is 13.1. The predicted octanol–water partition coefficient (Wildman–Crippen LogP) is 6.26. The number of carbonyl (C=O) groups is 2. The lowest BCUT2D eigenvalue weighted by molar-refractivity contribution is -0.117. The molecular formula is C23H16Cl3FN2O2. The minimum absolute atomic E-state index is 0.155. The Morgan fingerprint density at radius 2 is 1.52 bits per heavy atom. The van der Waals surface area contributed by atoms with Crippen molar-refractivity contribution in [3.05, 3.63) is 94.8 Å². The zero-order valence-corrected chi connectivity index (χ0v) is 18.2. The third kappa shape index (κ3) is 4.54. The molecule has 0 heterocycles. The molecule has 1 fully saturated rings. The van der Waals surface area contributed by atoms with Gasteiger partial charge in [-0.3, -0.25) is 9.59 Å². The van der Waals surface area contributed by atoms with Crippen LogP contribution in [0.4, 0.5) is 15.8 Å². The van der Waals surface area contributed by atoms with E-state index in [4.69, 9.17) is 34.8 Å². The monoisotopic (exact) mass is 476 g/mol. The topological polar surface area (TPSA) is 58.2 Å². The van der Waals surface area contributed by atoms with E-state index in [1.54, 1.807) is 6.07 Å². The predicted molar refractivity (Wildman–Crippen MR) is 122 cm³/mol. The summed E-state index contributed by atoms with van der Waals surface area (Å²) in [5.41, 5.74) is 1.82. The summed E-state index contributed by atoms with van der Waals surface area (Å²) in [6, 6.07) is 19.2. The average molecular weight is 478 g/mol. The summed E-state index contributed by atoms with van der Waals surface area (Å²) in [6.45, 7) is 0. The van der Waals surface area contributed by atoms with Gasteiger partial charge in [-0.25, -0.2) is 4.39 Å². The molecule has 2 N–H and O–H groups in total. The first-order valence-corrected chi connectivity index (χ1v) is 10.5. The van der Waals surface area contributed by atoms with Crippen LogP contribution >= 0.6 is 34.8 Å². The fraction of sp³-hybridized carbons (Fsp3) is 0.130. The highest BCUT2D eigenvalue weighted by Gasteiger charge is 2.67. The van der Waals surface area contributed by atoms with Gasteiger partial charge in [0.2, 0.25) is 5.91 Å². The summed E-state index contributed by atoms with van der Waals surface area (Å²) in [5.74, 6) is -2.23. The summed E-state index contributed by atoms with van der Waals surface area (Å²) in [6.07, 6.45) is 0. The van der Waals surface area contributed by atoms with Gasteiger partial charge in [-0.1, -0.05) is 41.9 Å². The summed E-state index contributed by atoms with van der Waals surface area (Å²) >= 11 is 18.9. The van der Waals surface area contributed by atoms with Gasteiger partial charge in [0, 0.05) is 17.3 Å². The van der Waals surface area contributed by atoms with Gasteiger partial charge < -0.3 is 10.6 Å². The molecular weight excluding hydrogens is 462 g/mol. The molecule has 4 nitrogen and oxygen atoms in total. The highest BCUT2D eigenvalue weighted by Crippen LogP contribution is 2.65. The van der Waals surface area contributed by atoms with Crippen molar-refractivity contribution in [1.29, 1.82) is 0 Å². The fourth-order valence-corrected chi connectivity index (χ4v) is 4.49. The van der Waals surface area contributed by atoms with Crippen LogP contribution in [0.5, 0.6) is 0 Å². The Morgan fingerprint density at radius 1 is 0.871 bits per heavy atom. The van der Waals surface area contributed by atoms with E-state index in [-0.39, 0.29) is 22.4 Å². The van der Waals surface area contributed by atoms with Crippen LogP contribution in [0, 0.1) is 11.7 Å². The van der Waals surface area contributed by atoms with Crippen molar-refractivity contribution in [3.8, 4) is 0 Å². The van der Waals surface area contributed by atoms with Crippen LogP contribution < -0.4 is 10.6 Å². The number of halogens is 4. The second-order valence-electron chi connectivity index (χ2n) is 7.19. The first-order valence-electron chi connectivity index (χ1n) is 9.37. The second kappa shape index (κ2) is 8.50. The molecule has 0 spiro atoms. The zero-order valence-electron chi connectivity index (χ0n) is 15.9. The maximum Gasteiger partial charge on any atom is 0.257 e. The lowest BCUT2D eigenvalue weighted by Crippen LogP contribution is -2.18. The quantitative estimate of drug-likeness (QED) is 0.426. The van der Waals surface area contributed by atoms with Crippen molar-refractivity contribution >= 4 is 58.0 Å². The number of hydrogen-bond donors (Lipinski definition) is 2. The van der Waals surface area contributed by atoms with Crippen LogP contribution in [0.25, 0.3) is 0 Å². The number of benzene rings is 3. The Kier molecular flexibility index (Phi) is 5.93. The Labute approximate surface area is 193 Å². The highest BCUT2D eigenvalue weighted by atomic mass is 35.5. The van der Waals surface area contributed by atoms with Gasteiger partial charge in [0.05, 0.1) is 16.5 Å². The molecule has 0 saturated heterocycles. The normalized spacial score (nSPS) is 18.8. The van der Waals surface area contributed by atoms with Crippen LogP contribution in [0.3, 0.4) is 0 Å². The molecule has 0 unspecified atom stereocenters. The Bertz CT molecular complexity index is 1140. The Hall–Kier alpha value is -2.60. The molecule has 2 amide bonds. The van der Waals surface area contributed by atoms with Crippen molar-refractivity contribution in [3.63, 3.8) is 0 Å². The van der Waals surface area contributed by atoms with E-state index in [0.717, 1.165) is 5.56 Å². The first kappa shape index (κ1) is 21.6. The summed E-state index contributed by atoms with van der Waals surface area (Å²) in [4.78, 5) is 25.4. The van der Waals surface area contributed by atoms with E-state index in [9.17, 15) is 14.0 Å². The lowest BCUT2D eigenvalue weighted by atomic mass is 10.1. The minimum atomic E-state index is -1.21. The lowest BCUT2D eigenvalue weighted by Gasteiger charge is -2.10. The molecule has 0 aromatic heterocycles. The van der Waals surface area contributed by atoms with E-state index in [2.05, 4.69) is 10.6 Å². The molecule has 31 heavy (non-hydrogen) atoms. The molecule has 1 saturated carbocycles. The van der Waals surface area contributed by atoms with Crippen molar-refractivity contribution in [2.45, 2.75) is 10.3 Å². The smallest absolute Gasteiger partial charge is 0.257 e. The van der Waals surface area contributed by atoms with Crippen molar-refractivity contribution in [1.82, 2.24) is 0 Å². The minimum Gasteiger partial charge on any atom is -0.326 e. The molecule has 0 aliphatic heterocycles. The third-order valence-corrected chi connectivity index (χ3v) is 6.35. The number of alkyl halides is 2. The fourth-order valence-electron chi connectivity index (χ4n) is 3.46. The average Bonchev–Trinajstić information content (AvgIpc) is 3.33. The van der Waals surface area contributed by atoms with Gasteiger partial charge in [-0.15, -0.1) is 23.2 Å². The molecule has 4 rings (SSSR count). The van der Waals surface area contributed by atoms with Crippen molar-refractivity contribution in [2.75, 3.05) is 10.6 Å². The van der Waals surface area contributed by atoms with E-state index in [0.29, 0.717) is 11.4 Å². The van der Waals surface area contributed by atoms with Crippen LogP contribution in [0.1, 0.15) is 21.8 Å². The van der Waals surface area contributed by atoms with E-state index in [1.807, 2.05) is 30.3 Å². The molecule has 0 bridgehead atoms. The van der Waals surface area contributed by atoms with Crippen LogP contribution in [-0.4, -0.2) is 16.1 Å². The molecule has 1 aliphatic carbocycles. The van der Waals surface area contributed by atoms with Crippen molar-refractivity contribution in [2.24, 2.45) is 5.92 Å². The second-order valence-corrected chi connectivity index (χ2v) is 9.04. The molecule has 0 radical (unpaired) electrons. The number of amides is 2. The molecule has 158 valence electrons. The van der Waals surface area contributed by atoms with Gasteiger partial charge in [-0.2, -0.15) is 0 Å². The molecule has 3 aromatic rings.